The topological polar surface area (TPSA) is 77.0 Å². The summed E-state index contributed by atoms with van der Waals surface area (Å²) in [5.41, 5.74) is 2.85. The number of nitrogens with zero attached hydrogens (tertiary/aromatic N) is 5. The number of amides is 1. The van der Waals surface area contributed by atoms with Gasteiger partial charge in [-0.25, -0.2) is 0 Å². The molecule has 134 valence electrons. The van der Waals surface area contributed by atoms with E-state index in [1.165, 1.54) is 0 Å². The van der Waals surface area contributed by atoms with Crippen molar-refractivity contribution in [3.05, 3.63) is 53.7 Å². The van der Waals surface area contributed by atoms with Crippen molar-refractivity contribution in [3.63, 3.8) is 0 Å². The Kier molecular flexibility index (Phi) is 4.28. The summed E-state index contributed by atoms with van der Waals surface area (Å²) in [6.07, 6.45) is 0.833. The van der Waals surface area contributed by atoms with Crippen LogP contribution in [0, 0.1) is 13.8 Å². The van der Waals surface area contributed by atoms with Gasteiger partial charge in [-0.1, -0.05) is 35.5 Å². The molecule has 1 atom stereocenters. The Morgan fingerprint density at radius 2 is 2.08 bits per heavy atom. The number of aromatic nitrogens is 4. The van der Waals surface area contributed by atoms with Crippen molar-refractivity contribution in [1.82, 2.24) is 24.8 Å². The number of carbonyl (C=O) groups is 1. The van der Waals surface area contributed by atoms with Crippen LogP contribution in [0.25, 0.3) is 11.4 Å². The molecular weight excluding hydrogens is 330 g/mol. The molecule has 1 unspecified atom stereocenters. The van der Waals surface area contributed by atoms with Crippen LogP contribution in [0.4, 0.5) is 0 Å². The highest BCUT2D eigenvalue weighted by Gasteiger charge is 2.31. The summed E-state index contributed by atoms with van der Waals surface area (Å²) in [7, 11) is 0. The second-order valence-electron chi connectivity index (χ2n) is 6.73. The maximum atomic E-state index is 12.6. The molecule has 1 aliphatic rings. The number of likely N-dealkylation sites (tertiary alicyclic amines) is 1. The van der Waals surface area contributed by atoms with Crippen LogP contribution in [0.5, 0.6) is 0 Å². The van der Waals surface area contributed by atoms with Crippen LogP contribution in [-0.4, -0.2) is 43.8 Å². The highest BCUT2D eigenvalue weighted by Crippen LogP contribution is 2.28. The molecule has 3 heterocycles. The molecule has 1 saturated heterocycles. The molecule has 7 heteroatoms. The lowest BCUT2D eigenvalue weighted by Gasteiger charge is -2.16. The van der Waals surface area contributed by atoms with Crippen molar-refractivity contribution in [1.29, 1.82) is 0 Å². The molecule has 7 nitrogen and oxygen atoms in total. The zero-order chi connectivity index (χ0) is 18.1. The first-order valence-electron chi connectivity index (χ1n) is 8.78. The Morgan fingerprint density at radius 1 is 1.27 bits per heavy atom. The molecule has 0 aliphatic carbocycles. The van der Waals surface area contributed by atoms with E-state index in [2.05, 4.69) is 15.2 Å². The van der Waals surface area contributed by atoms with E-state index in [1.807, 2.05) is 55.1 Å². The summed E-state index contributed by atoms with van der Waals surface area (Å²) in [4.78, 5) is 19.0. The van der Waals surface area contributed by atoms with E-state index < -0.39 is 0 Å². The first-order valence-corrected chi connectivity index (χ1v) is 8.78. The van der Waals surface area contributed by atoms with Gasteiger partial charge in [-0.2, -0.15) is 10.1 Å². The molecule has 1 aromatic carbocycles. The SMILES string of the molecule is Cc1cc(C)n(CC(=O)N2CCC(c3nc(-c4ccccc4)no3)C2)n1. The number of aryl methyl sites for hydroxylation is 2. The Balaban J connectivity index is 1.41. The van der Waals surface area contributed by atoms with Crippen LogP contribution >= 0.6 is 0 Å². The average molecular weight is 351 g/mol. The summed E-state index contributed by atoms with van der Waals surface area (Å²) in [5, 5.41) is 8.44. The Morgan fingerprint density at radius 3 is 2.81 bits per heavy atom. The third-order valence-electron chi connectivity index (χ3n) is 4.75. The minimum atomic E-state index is 0.0708. The molecule has 4 rings (SSSR count). The van der Waals surface area contributed by atoms with Crippen molar-refractivity contribution in [2.45, 2.75) is 32.7 Å². The minimum absolute atomic E-state index is 0.0708. The first kappa shape index (κ1) is 16.5. The summed E-state index contributed by atoms with van der Waals surface area (Å²) >= 11 is 0. The maximum Gasteiger partial charge on any atom is 0.244 e. The number of carbonyl (C=O) groups excluding carboxylic acids is 1. The molecule has 0 N–H and O–H groups in total. The van der Waals surface area contributed by atoms with Gasteiger partial charge in [0.15, 0.2) is 0 Å². The number of rotatable bonds is 4. The zero-order valence-electron chi connectivity index (χ0n) is 14.9. The minimum Gasteiger partial charge on any atom is -0.340 e. The van der Waals surface area contributed by atoms with E-state index >= 15 is 0 Å². The van der Waals surface area contributed by atoms with Gasteiger partial charge in [0.2, 0.25) is 17.6 Å². The quantitative estimate of drug-likeness (QED) is 0.722. The fourth-order valence-electron chi connectivity index (χ4n) is 3.36. The number of hydrogen-bond donors (Lipinski definition) is 0. The third kappa shape index (κ3) is 3.24. The van der Waals surface area contributed by atoms with E-state index in [0.29, 0.717) is 24.8 Å². The summed E-state index contributed by atoms with van der Waals surface area (Å²) < 4.78 is 7.21. The van der Waals surface area contributed by atoms with Crippen LogP contribution in [-0.2, 0) is 11.3 Å². The second-order valence-corrected chi connectivity index (χ2v) is 6.73. The number of benzene rings is 1. The fraction of sp³-hybridized carbons (Fsp3) is 0.368. The normalized spacial score (nSPS) is 17.0. The lowest BCUT2D eigenvalue weighted by molar-refractivity contribution is -0.131. The monoisotopic (exact) mass is 351 g/mol. The van der Waals surface area contributed by atoms with Gasteiger partial charge in [-0.05, 0) is 26.3 Å². The molecule has 0 bridgehead atoms. The van der Waals surface area contributed by atoms with Gasteiger partial charge in [0.25, 0.3) is 0 Å². The Bertz CT molecular complexity index is 915. The lowest BCUT2D eigenvalue weighted by atomic mass is 10.1. The van der Waals surface area contributed by atoms with Gasteiger partial charge in [-0.3, -0.25) is 9.48 Å². The molecule has 26 heavy (non-hydrogen) atoms. The van der Waals surface area contributed by atoms with Gasteiger partial charge in [0, 0.05) is 24.3 Å². The summed E-state index contributed by atoms with van der Waals surface area (Å²) in [5.74, 6) is 1.35. The van der Waals surface area contributed by atoms with E-state index in [9.17, 15) is 4.79 Å². The molecule has 1 amide bonds. The predicted octanol–water partition coefficient (Wildman–Crippen LogP) is 2.57. The van der Waals surface area contributed by atoms with Crippen LogP contribution in [0.2, 0.25) is 0 Å². The van der Waals surface area contributed by atoms with Crippen molar-refractivity contribution in [2.75, 3.05) is 13.1 Å². The van der Waals surface area contributed by atoms with Gasteiger partial charge in [0.05, 0.1) is 11.6 Å². The molecule has 1 aliphatic heterocycles. The van der Waals surface area contributed by atoms with E-state index in [4.69, 9.17) is 4.52 Å². The van der Waals surface area contributed by atoms with Crippen molar-refractivity contribution >= 4 is 5.91 Å². The smallest absolute Gasteiger partial charge is 0.244 e. The molecule has 0 spiro atoms. The van der Waals surface area contributed by atoms with Crippen molar-refractivity contribution in [3.8, 4) is 11.4 Å². The Hall–Kier alpha value is -2.96. The van der Waals surface area contributed by atoms with E-state index in [-0.39, 0.29) is 18.4 Å². The van der Waals surface area contributed by atoms with E-state index in [1.54, 1.807) is 4.68 Å². The average Bonchev–Trinajstić information content (AvgIpc) is 3.36. The third-order valence-corrected chi connectivity index (χ3v) is 4.75. The molecule has 1 fully saturated rings. The van der Waals surface area contributed by atoms with Gasteiger partial charge in [-0.15, -0.1) is 0 Å². The van der Waals surface area contributed by atoms with Crippen molar-refractivity contribution < 1.29 is 9.32 Å². The standard InChI is InChI=1S/C19H21N5O2/c1-13-10-14(2)24(21-13)12-17(25)23-9-8-16(11-23)19-20-18(22-26-19)15-6-4-3-5-7-15/h3-7,10,16H,8-9,11-12H2,1-2H3. The predicted molar refractivity (Wildman–Crippen MR) is 95.4 cm³/mol. The van der Waals surface area contributed by atoms with E-state index in [0.717, 1.165) is 23.4 Å². The second kappa shape index (κ2) is 6.74. The van der Waals surface area contributed by atoms with Crippen LogP contribution < -0.4 is 0 Å². The largest absolute Gasteiger partial charge is 0.340 e. The maximum absolute atomic E-state index is 12.6. The van der Waals surface area contributed by atoms with Crippen LogP contribution in [0.15, 0.2) is 40.9 Å². The molecule has 0 radical (unpaired) electrons. The molecule has 3 aromatic rings. The lowest BCUT2D eigenvalue weighted by Crippen LogP contribution is -2.32. The summed E-state index contributed by atoms with van der Waals surface area (Å²) in [6.45, 7) is 5.47. The highest BCUT2D eigenvalue weighted by molar-refractivity contribution is 5.76. The van der Waals surface area contributed by atoms with Gasteiger partial charge < -0.3 is 9.42 Å². The van der Waals surface area contributed by atoms with Gasteiger partial charge >= 0.3 is 0 Å². The van der Waals surface area contributed by atoms with Crippen LogP contribution in [0.1, 0.15) is 29.6 Å². The van der Waals surface area contributed by atoms with Crippen LogP contribution in [0.3, 0.4) is 0 Å². The number of hydrogen-bond acceptors (Lipinski definition) is 5. The first-order chi connectivity index (χ1) is 12.6. The highest BCUT2D eigenvalue weighted by atomic mass is 16.5. The van der Waals surface area contributed by atoms with Gasteiger partial charge in [0.1, 0.15) is 6.54 Å². The Labute approximate surface area is 151 Å². The summed E-state index contributed by atoms with van der Waals surface area (Å²) in [6, 6.07) is 11.7. The zero-order valence-corrected chi connectivity index (χ0v) is 14.9. The van der Waals surface area contributed by atoms with Crippen molar-refractivity contribution in [2.24, 2.45) is 0 Å². The molecular formula is C19H21N5O2. The molecule has 2 aromatic heterocycles. The molecule has 0 saturated carbocycles. The fourth-order valence-corrected chi connectivity index (χ4v) is 3.36.